The monoisotopic (exact) mass is 506 g/mol. The fourth-order valence-corrected chi connectivity index (χ4v) is 4.99. The topological polar surface area (TPSA) is 70.1 Å². The molecule has 1 amide bonds. The first kappa shape index (κ1) is 25.3. The zero-order chi connectivity index (χ0) is 25.5. The molecule has 1 saturated heterocycles. The molecular weight excluding hydrogens is 479 g/mol. The Morgan fingerprint density at radius 2 is 1.72 bits per heavy atom. The molecule has 0 bridgehead atoms. The van der Waals surface area contributed by atoms with E-state index in [2.05, 4.69) is 16.7 Å². The summed E-state index contributed by atoms with van der Waals surface area (Å²) >= 11 is 1.42. The smallest absolute Gasteiger partial charge is 0.304 e. The summed E-state index contributed by atoms with van der Waals surface area (Å²) in [5.74, 6) is 4.90. The molecule has 8 heteroatoms. The molecule has 1 atom stereocenters. The predicted molar refractivity (Wildman–Crippen MR) is 138 cm³/mol. The Morgan fingerprint density at radius 3 is 2.36 bits per heavy atom. The quantitative estimate of drug-likeness (QED) is 0.435. The number of ether oxygens (including phenoxy) is 1. The number of piperazine rings is 1. The molecule has 3 aromatic rings. The van der Waals surface area contributed by atoms with Gasteiger partial charge in [-0.05, 0) is 61.0 Å². The SMILES string of the molecule is CC#C[C@@H](CC(=O)O)c1ccc(OCc2ccc(C(=O)N3CCN(c4ccc(F)cc4)CC3)s2)cc1. The van der Waals surface area contributed by atoms with E-state index in [9.17, 15) is 14.0 Å². The van der Waals surface area contributed by atoms with Crippen LogP contribution in [-0.2, 0) is 11.4 Å². The van der Waals surface area contributed by atoms with E-state index in [1.54, 1.807) is 19.1 Å². The second-order valence-corrected chi connectivity index (χ2v) is 9.59. The van der Waals surface area contributed by atoms with Crippen LogP contribution in [0.25, 0.3) is 0 Å². The largest absolute Gasteiger partial charge is 0.488 e. The highest BCUT2D eigenvalue weighted by Crippen LogP contribution is 2.25. The van der Waals surface area contributed by atoms with E-state index < -0.39 is 5.97 Å². The first-order valence-corrected chi connectivity index (χ1v) is 12.5. The van der Waals surface area contributed by atoms with Gasteiger partial charge in [0, 0.05) is 36.7 Å². The summed E-state index contributed by atoms with van der Waals surface area (Å²) in [7, 11) is 0. The van der Waals surface area contributed by atoms with E-state index >= 15 is 0 Å². The van der Waals surface area contributed by atoms with Gasteiger partial charge in [-0.25, -0.2) is 4.39 Å². The molecule has 0 spiro atoms. The van der Waals surface area contributed by atoms with E-state index in [0.29, 0.717) is 43.4 Å². The maximum Gasteiger partial charge on any atom is 0.304 e. The molecule has 2 aromatic carbocycles. The Labute approximate surface area is 213 Å². The Balaban J connectivity index is 1.29. The predicted octanol–water partition coefficient (Wildman–Crippen LogP) is 5.01. The summed E-state index contributed by atoms with van der Waals surface area (Å²) in [5, 5.41) is 9.10. The lowest BCUT2D eigenvalue weighted by Gasteiger charge is -2.36. The summed E-state index contributed by atoms with van der Waals surface area (Å²) in [6.07, 6.45) is -0.0473. The number of carboxylic acids is 1. The number of benzene rings is 2. The van der Waals surface area contributed by atoms with Crippen molar-refractivity contribution < 1.29 is 23.8 Å². The molecular formula is C28H27FN2O4S. The van der Waals surface area contributed by atoms with Crippen LogP contribution in [0.2, 0.25) is 0 Å². The molecule has 1 aliphatic rings. The molecule has 0 unspecified atom stereocenters. The van der Waals surface area contributed by atoms with Crippen molar-refractivity contribution in [1.82, 2.24) is 4.90 Å². The fourth-order valence-electron chi connectivity index (χ4n) is 4.10. The molecule has 1 aromatic heterocycles. The Hall–Kier alpha value is -3.83. The highest BCUT2D eigenvalue weighted by Gasteiger charge is 2.23. The van der Waals surface area contributed by atoms with Crippen molar-refractivity contribution in [3.05, 3.63) is 81.8 Å². The van der Waals surface area contributed by atoms with Gasteiger partial charge in [-0.15, -0.1) is 17.3 Å². The minimum atomic E-state index is -0.888. The molecule has 1 aliphatic heterocycles. The number of carbonyl (C=O) groups is 2. The number of hydrogen-bond acceptors (Lipinski definition) is 5. The van der Waals surface area contributed by atoms with E-state index in [1.165, 1.54) is 23.5 Å². The van der Waals surface area contributed by atoms with Crippen LogP contribution in [0.1, 0.15) is 39.4 Å². The maximum absolute atomic E-state index is 13.2. The zero-order valence-corrected chi connectivity index (χ0v) is 20.8. The van der Waals surface area contributed by atoms with Gasteiger partial charge in [0.05, 0.1) is 17.2 Å². The van der Waals surface area contributed by atoms with Crippen molar-refractivity contribution in [3.8, 4) is 17.6 Å². The zero-order valence-electron chi connectivity index (χ0n) is 19.9. The van der Waals surface area contributed by atoms with Gasteiger partial charge in [0.2, 0.25) is 0 Å². The third kappa shape index (κ3) is 6.43. The first-order valence-electron chi connectivity index (χ1n) is 11.7. The lowest BCUT2D eigenvalue weighted by Crippen LogP contribution is -2.48. The van der Waals surface area contributed by atoms with Gasteiger partial charge in [0.15, 0.2) is 0 Å². The van der Waals surface area contributed by atoms with Crippen LogP contribution in [-0.4, -0.2) is 48.1 Å². The van der Waals surface area contributed by atoms with Gasteiger partial charge in [-0.3, -0.25) is 9.59 Å². The van der Waals surface area contributed by atoms with E-state index in [1.807, 2.05) is 41.3 Å². The van der Waals surface area contributed by atoms with Gasteiger partial charge >= 0.3 is 5.97 Å². The first-order chi connectivity index (χ1) is 17.4. The molecule has 4 rings (SSSR count). The molecule has 36 heavy (non-hydrogen) atoms. The van der Waals surface area contributed by atoms with Crippen molar-refractivity contribution in [3.63, 3.8) is 0 Å². The van der Waals surface area contributed by atoms with Crippen LogP contribution in [0, 0.1) is 17.7 Å². The molecule has 6 nitrogen and oxygen atoms in total. The van der Waals surface area contributed by atoms with E-state index in [0.717, 1.165) is 16.1 Å². The fraction of sp³-hybridized carbons (Fsp3) is 0.286. The Bertz CT molecular complexity index is 1250. The van der Waals surface area contributed by atoms with Crippen LogP contribution >= 0.6 is 11.3 Å². The average molecular weight is 507 g/mol. The van der Waals surface area contributed by atoms with Crippen LogP contribution in [0.3, 0.4) is 0 Å². The highest BCUT2D eigenvalue weighted by molar-refractivity contribution is 7.14. The average Bonchev–Trinajstić information content (AvgIpc) is 3.37. The maximum atomic E-state index is 13.2. The highest BCUT2D eigenvalue weighted by atomic mass is 32.1. The van der Waals surface area contributed by atoms with Gasteiger partial charge in [0.25, 0.3) is 5.91 Å². The van der Waals surface area contributed by atoms with Crippen molar-refractivity contribution in [1.29, 1.82) is 0 Å². The minimum Gasteiger partial charge on any atom is -0.488 e. The van der Waals surface area contributed by atoms with Gasteiger partial charge < -0.3 is 19.6 Å². The summed E-state index contributed by atoms with van der Waals surface area (Å²) in [6.45, 7) is 4.65. The second-order valence-electron chi connectivity index (χ2n) is 8.42. The summed E-state index contributed by atoms with van der Waals surface area (Å²) in [5.41, 5.74) is 1.80. The molecule has 1 fully saturated rings. The number of hydrogen-bond donors (Lipinski definition) is 1. The van der Waals surface area contributed by atoms with E-state index in [4.69, 9.17) is 9.84 Å². The minimum absolute atomic E-state index is 0.0101. The standard InChI is InChI=1S/C28H27FN2O4S/c1-2-3-21(18-27(32)33)20-4-10-24(11-5-20)35-19-25-12-13-26(36-25)28(34)31-16-14-30(15-17-31)23-8-6-22(29)7-9-23/h4-13,21H,14-19H2,1H3,(H,32,33)/t21-/m0/s1. The van der Waals surface area contributed by atoms with Crippen molar-refractivity contribution in [2.75, 3.05) is 31.1 Å². The molecule has 1 N–H and O–H groups in total. The van der Waals surface area contributed by atoms with Crippen LogP contribution in [0.5, 0.6) is 5.75 Å². The van der Waals surface area contributed by atoms with Crippen LogP contribution < -0.4 is 9.64 Å². The third-order valence-corrected chi connectivity index (χ3v) is 7.04. The number of thiophene rings is 1. The molecule has 0 radical (unpaired) electrons. The Morgan fingerprint density at radius 1 is 1.03 bits per heavy atom. The van der Waals surface area contributed by atoms with Crippen molar-refractivity contribution in [2.45, 2.75) is 25.9 Å². The number of carboxylic acid groups (broad SMARTS) is 1. The number of nitrogens with zero attached hydrogens (tertiary/aromatic N) is 2. The second kappa shape index (κ2) is 11.7. The number of halogens is 1. The van der Waals surface area contributed by atoms with E-state index in [-0.39, 0.29) is 24.1 Å². The number of amides is 1. The normalized spacial score (nSPS) is 14.1. The molecule has 0 aliphatic carbocycles. The van der Waals surface area contributed by atoms with Gasteiger partial charge in [-0.2, -0.15) is 0 Å². The molecule has 2 heterocycles. The van der Waals surface area contributed by atoms with Crippen molar-refractivity contribution in [2.24, 2.45) is 0 Å². The summed E-state index contributed by atoms with van der Waals surface area (Å²) < 4.78 is 19.0. The Kier molecular flexibility index (Phi) is 8.24. The lowest BCUT2D eigenvalue weighted by molar-refractivity contribution is -0.137. The lowest BCUT2D eigenvalue weighted by atomic mass is 9.96. The number of anilines is 1. The molecule has 0 saturated carbocycles. The summed E-state index contributed by atoms with van der Waals surface area (Å²) in [6, 6.07) is 17.5. The summed E-state index contributed by atoms with van der Waals surface area (Å²) in [4.78, 5) is 29.7. The number of rotatable bonds is 8. The van der Waals surface area contributed by atoms with Crippen LogP contribution in [0.15, 0.2) is 60.7 Å². The number of carbonyl (C=O) groups excluding carboxylic acids is 1. The molecule has 186 valence electrons. The third-order valence-electron chi connectivity index (χ3n) is 5.99. The number of aliphatic carboxylic acids is 1. The van der Waals surface area contributed by atoms with Crippen LogP contribution in [0.4, 0.5) is 10.1 Å². The van der Waals surface area contributed by atoms with Crippen molar-refractivity contribution >= 4 is 28.9 Å². The van der Waals surface area contributed by atoms with Gasteiger partial charge in [-0.1, -0.05) is 18.1 Å². The van der Waals surface area contributed by atoms with Gasteiger partial charge in [0.1, 0.15) is 18.2 Å².